The molecule has 8 heavy (non-hydrogen) atoms. The molecule has 5 nitrogen and oxygen atoms in total. The average molecular weight is 181 g/mol. The maximum Gasteiger partial charge on any atom is 0.433 e. The molecule has 0 rings (SSSR count). The summed E-state index contributed by atoms with van der Waals surface area (Å²) in [7, 11) is 0. The van der Waals surface area contributed by atoms with Gasteiger partial charge in [-0.3, -0.25) is 0 Å². The lowest BCUT2D eigenvalue weighted by molar-refractivity contribution is -1.63. The topological polar surface area (TPSA) is 114 Å². The van der Waals surface area contributed by atoms with Gasteiger partial charge in [0.05, 0.1) is 0 Å². The van der Waals surface area contributed by atoms with Crippen LogP contribution in [0.5, 0.6) is 0 Å². The van der Waals surface area contributed by atoms with Crippen molar-refractivity contribution in [2.45, 2.75) is 0 Å². The van der Waals surface area contributed by atoms with E-state index in [0.717, 1.165) is 0 Å². The SMILES string of the molecule is N#CC#N.[O-][Br+2]([O-])O. The molecule has 0 aliphatic carbocycles. The lowest BCUT2D eigenvalue weighted by Crippen LogP contribution is -2.30. The van der Waals surface area contributed by atoms with Gasteiger partial charge >= 0.3 is 14.8 Å². The van der Waals surface area contributed by atoms with Crippen LogP contribution in [0, 0.1) is 37.5 Å². The third kappa shape index (κ3) is 870. The number of nitriles is 2. The summed E-state index contributed by atoms with van der Waals surface area (Å²) in [4.78, 5) is 0. The van der Waals surface area contributed by atoms with Gasteiger partial charge in [0.1, 0.15) is 0 Å². The quantitative estimate of drug-likeness (QED) is 0.430. The molecule has 0 aromatic heterocycles. The van der Waals surface area contributed by atoms with Crippen LogP contribution in [0.3, 0.4) is 0 Å². The summed E-state index contributed by atoms with van der Waals surface area (Å²) in [6.07, 6.45) is 0. The number of rotatable bonds is 0. The van der Waals surface area contributed by atoms with Gasteiger partial charge in [-0.25, -0.2) is 0 Å². The van der Waals surface area contributed by atoms with Crippen LogP contribution in [0.1, 0.15) is 0 Å². The summed E-state index contributed by atoms with van der Waals surface area (Å²) in [6, 6.07) is 2.47. The highest BCUT2D eigenvalue weighted by Crippen LogP contribution is 1.38. The van der Waals surface area contributed by atoms with E-state index in [0.29, 0.717) is 0 Å². The first-order chi connectivity index (χ1) is 3.65. The van der Waals surface area contributed by atoms with Gasteiger partial charge in [-0.05, 0) is 4.20 Å². The molecular weight excluding hydrogens is 180 g/mol. The van der Waals surface area contributed by atoms with Crippen LogP contribution in [0.4, 0.5) is 0 Å². The van der Waals surface area contributed by atoms with Crippen molar-refractivity contribution in [1.29, 1.82) is 10.5 Å². The molecule has 0 radical (unpaired) electrons. The molecule has 44 valence electrons. The third-order valence-corrected chi connectivity index (χ3v) is 0.0500. The van der Waals surface area contributed by atoms with Gasteiger partial charge in [0.15, 0.2) is 12.1 Å². The molecule has 0 amide bonds. The molecule has 0 aliphatic heterocycles. The Hall–Kier alpha value is -0.660. The number of halogens is 1. The zero-order chi connectivity index (χ0) is 6.99. The van der Waals surface area contributed by atoms with Crippen LogP contribution in [-0.4, -0.2) is 4.20 Å². The molecule has 6 heteroatoms. The van der Waals surface area contributed by atoms with E-state index in [4.69, 9.17) is 23.1 Å². The molecule has 0 aromatic rings. The lowest BCUT2D eigenvalue weighted by atomic mass is 10.9. The second kappa shape index (κ2) is 9.60. The molecule has 0 unspecified atom stereocenters. The molecule has 0 fully saturated rings. The summed E-state index contributed by atoms with van der Waals surface area (Å²) in [5.41, 5.74) is 0. The molecule has 0 heterocycles. The zero-order valence-corrected chi connectivity index (χ0v) is 5.12. The highest BCUT2D eigenvalue weighted by atomic mass is 80.0. The lowest BCUT2D eigenvalue weighted by Gasteiger charge is -1.69. The van der Waals surface area contributed by atoms with Gasteiger partial charge < -0.3 is 8.40 Å². The van der Waals surface area contributed by atoms with Crippen molar-refractivity contribution in [2.75, 3.05) is 0 Å². The van der Waals surface area contributed by atoms with Crippen LogP contribution in [0.25, 0.3) is 0 Å². The Balaban J connectivity index is 0. The average Bonchev–Trinajstić information content (AvgIpc) is 1.65. The highest BCUT2D eigenvalue weighted by molar-refractivity contribution is 4.99. The molecular formula is C2HBrN2O3. The Labute approximate surface area is 50.8 Å². The summed E-state index contributed by atoms with van der Waals surface area (Å²) in [5, 5.41) is 14.5. The van der Waals surface area contributed by atoms with Crippen molar-refractivity contribution in [3.05, 3.63) is 0 Å². The number of hydrogen-bond donors (Lipinski definition) is 1. The zero-order valence-electron chi connectivity index (χ0n) is 3.54. The van der Waals surface area contributed by atoms with Gasteiger partial charge in [0.25, 0.3) is 0 Å². The maximum atomic E-state index is 8.63. The minimum atomic E-state index is -3.40. The van der Waals surface area contributed by atoms with Gasteiger partial charge in [0.2, 0.25) is 0 Å². The Morgan fingerprint density at radius 3 is 1.38 bits per heavy atom. The third-order valence-electron chi connectivity index (χ3n) is 0.0500. The fraction of sp³-hybridized carbons (Fsp3) is 0. The van der Waals surface area contributed by atoms with E-state index in [2.05, 4.69) is 0 Å². The van der Waals surface area contributed by atoms with Gasteiger partial charge in [0, 0.05) is 0 Å². The summed E-state index contributed by atoms with van der Waals surface area (Å²) < 4.78 is 24.3. The van der Waals surface area contributed by atoms with Crippen LogP contribution in [0.15, 0.2) is 0 Å². The number of nitrogens with zero attached hydrogens (tertiary/aromatic N) is 2. The normalized spacial score (nSPS) is 5.75. The van der Waals surface area contributed by atoms with E-state index in [9.17, 15) is 0 Å². The Morgan fingerprint density at radius 1 is 1.25 bits per heavy atom. The molecule has 1 N–H and O–H groups in total. The first-order valence-corrected chi connectivity index (χ1v) is 3.18. The summed E-state index contributed by atoms with van der Waals surface area (Å²) >= 11 is -3.40. The molecule has 0 aliphatic rings. The predicted molar refractivity (Wildman–Crippen MR) is 13.4 cm³/mol. The Kier molecular flexibility index (Phi) is 12.4. The van der Waals surface area contributed by atoms with Crippen LogP contribution >= 0.6 is 0 Å². The summed E-state index contributed by atoms with van der Waals surface area (Å²) in [5.74, 6) is 0. The van der Waals surface area contributed by atoms with E-state index in [1.807, 2.05) is 0 Å². The standard InChI is InChI=1S/C2N2.BrHO3/c3-1-2-4;2-1(3)4/h;2H. The molecule has 0 saturated carbocycles. The number of hydrogen-bond acceptors (Lipinski definition) is 5. The van der Waals surface area contributed by atoms with E-state index in [1.165, 1.54) is 12.1 Å². The Bertz CT molecular complexity index is 96.7. The minimum Gasteiger partial charge on any atom is -0.372 e. The van der Waals surface area contributed by atoms with Gasteiger partial charge in [-0.2, -0.15) is 10.5 Å². The minimum absolute atomic E-state index is 1.24. The van der Waals surface area contributed by atoms with Crippen molar-refractivity contribution >= 4 is 0 Å². The van der Waals surface area contributed by atoms with Crippen LogP contribution < -0.4 is 8.40 Å². The molecule has 0 atom stereocenters. The molecule has 0 bridgehead atoms. The van der Waals surface area contributed by atoms with Crippen molar-refractivity contribution in [1.82, 2.24) is 0 Å². The maximum absolute atomic E-state index is 8.63. The molecule has 0 saturated heterocycles. The fourth-order valence-electron chi connectivity index (χ4n) is 0. The predicted octanol–water partition coefficient (Wildman–Crippen LogP) is -2.90. The first kappa shape index (κ1) is 10.3. The van der Waals surface area contributed by atoms with Crippen molar-refractivity contribution < 1.29 is 27.4 Å². The van der Waals surface area contributed by atoms with Crippen LogP contribution in [-0.2, 0) is 0 Å². The highest BCUT2D eigenvalue weighted by Gasteiger charge is 1.86. The smallest absolute Gasteiger partial charge is 0.372 e. The van der Waals surface area contributed by atoms with E-state index in [-0.39, 0.29) is 0 Å². The molecule has 0 spiro atoms. The van der Waals surface area contributed by atoms with Crippen molar-refractivity contribution in [2.24, 2.45) is 0 Å². The summed E-state index contributed by atoms with van der Waals surface area (Å²) in [6.45, 7) is 0. The monoisotopic (exact) mass is 180 g/mol. The molecule has 0 aromatic carbocycles. The Morgan fingerprint density at radius 2 is 1.38 bits per heavy atom. The van der Waals surface area contributed by atoms with E-state index >= 15 is 0 Å². The largest absolute Gasteiger partial charge is 0.433 e. The van der Waals surface area contributed by atoms with Crippen molar-refractivity contribution in [3.8, 4) is 12.1 Å². The van der Waals surface area contributed by atoms with Gasteiger partial charge in [-0.1, -0.05) is 0 Å². The van der Waals surface area contributed by atoms with E-state index in [1.54, 1.807) is 0 Å². The second-order valence-corrected chi connectivity index (χ2v) is 1.27. The van der Waals surface area contributed by atoms with Gasteiger partial charge in [-0.15, -0.1) is 0 Å². The van der Waals surface area contributed by atoms with Crippen LogP contribution in [0.2, 0.25) is 0 Å². The van der Waals surface area contributed by atoms with E-state index < -0.39 is 14.8 Å². The first-order valence-electron chi connectivity index (χ1n) is 1.17. The van der Waals surface area contributed by atoms with Crippen molar-refractivity contribution in [3.63, 3.8) is 0 Å². The fourth-order valence-corrected chi connectivity index (χ4v) is 0. The second-order valence-electron chi connectivity index (χ2n) is 0.425.